The summed E-state index contributed by atoms with van der Waals surface area (Å²) in [7, 11) is 0. The molecule has 5 nitrogen and oxygen atoms in total. The van der Waals surface area contributed by atoms with Crippen molar-refractivity contribution in [2.24, 2.45) is 0 Å². The molecule has 0 saturated carbocycles. The number of aromatic nitrogens is 1. The summed E-state index contributed by atoms with van der Waals surface area (Å²) >= 11 is 0. The summed E-state index contributed by atoms with van der Waals surface area (Å²) in [6, 6.07) is 3.06. The van der Waals surface area contributed by atoms with Crippen molar-refractivity contribution in [2.75, 3.05) is 6.54 Å². The van der Waals surface area contributed by atoms with Crippen LogP contribution in [0.2, 0.25) is 0 Å². The van der Waals surface area contributed by atoms with Crippen LogP contribution < -0.4 is 10.6 Å². The molecule has 2 atom stereocenters. The van der Waals surface area contributed by atoms with E-state index >= 15 is 0 Å². The summed E-state index contributed by atoms with van der Waals surface area (Å²) in [6.07, 6.45) is 2.40. The molecule has 0 saturated heterocycles. The van der Waals surface area contributed by atoms with E-state index in [2.05, 4.69) is 15.6 Å². The molecule has 2 unspecified atom stereocenters. The van der Waals surface area contributed by atoms with Crippen LogP contribution in [0, 0.1) is 5.82 Å². The van der Waals surface area contributed by atoms with Crippen molar-refractivity contribution >= 4 is 6.09 Å². The predicted octanol–water partition coefficient (Wildman–Crippen LogP) is 3.56. The number of hydrogen-bond acceptors (Lipinski definition) is 4. The molecule has 0 bridgehead atoms. The first-order valence-corrected chi connectivity index (χ1v) is 8.09. The van der Waals surface area contributed by atoms with Crippen LogP contribution in [0.1, 0.15) is 59.2 Å². The molecule has 1 aromatic heterocycles. The van der Waals surface area contributed by atoms with Crippen LogP contribution in [-0.4, -0.2) is 29.3 Å². The molecule has 1 heterocycles. The fourth-order valence-corrected chi connectivity index (χ4v) is 2.11. The monoisotopic (exact) mass is 325 g/mol. The Bertz CT molecular complexity index is 486. The van der Waals surface area contributed by atoms with Crippen LogP contribution in [0.25, 0.3) is 0 Å². The molecule has 130 valence electrons. The van der Waals surface area contributed by atoms with E-state index in [1.165, 1.54) is 12.3 Å². The maximum atomic E-state index is 13.0. The van der Waals surface area contributed by atoms with Gasteiger partial charge in [0.2, 0.25) is 0 Å². The normalized spacial score (nSPS) is 14.2. The Hall–Kier alpha value is -1.69. The van der Waals surface area contributed by atoms with Gasteiger partial charge in [-0.25, -0.2) is 9.18 Å². The van der Waals surface area contributed by atoms with Gasteiger partial charge >= 0.3 is 6.09 Å². The summed E-state index contributed by atoms with van der Waals surface area (Å²) < 4.78 is 18.2. The maximum absolute atomic E-state index is 13.0. The number of nitrogens with one attached hydrogen (secondary N) is 2. The molecule has 0 aliphatic carbocycles. The molecule has 23 heavy (non-hydrogen) atoms. The Morgan fingerprint density at radius 2 is 2.00 bits per heavy atom. The van der Waals surface area contributed by atoms with Gasteiger partial charge in [-0.2, -0.15) is 0 Å². The quantitative estimate of drug-likeness (QED) is 0.804. The third-order valence-electron chi connectivity index (χ3n) is 3.34. The first-order valence-electron chi connectivity index (χ1n) is 8.09. The number of alkyl carbamates (subject to hydrolysis) is 1. The van der Waals surface area contributed by atoms with Gasteiger partial charge in [0.15, 0.2) is 0 Å². The summed E-state index contributed by atoms with van der Waals surface area (Å²) in [4.78, 5) is 15.9. The minimum absolute atomic E-state index is 0.0186. The molecule has 0 radical (unpaired) electrons. The number of amides is 1. The van der Waals surface area contributed by atoms with Crippen molar-refractivity contribution in [1.82, 2.24) is 15.6 Å². The van der Waals surface area contributed by atoms with Crippen LogP contribution in [-0.2, 0) is 4.74 Å². The van der Waals surface area contributed by atoms with Gasteiger partial charge in [0, 0.05) is 18.6 Å². The third kappa shape index (κ3) is 7.41. The van der Waals surface area contributed by atoms with Gasteiger partial charge in [-0.3, -0.25) is 4.98 Å². The number of hydrogen-bond donors (Lipinski definition) is 2. The van der Waals surface area contributed by atoms with Crippen LogP contribution >= 0.6 is 0 Å². The Kier molecular flexibility index (Phi) is 7.42. The van der Waals surface area contributed by atoms with E-state index in [0.717, 1.165) is 18.5 Å². The Morgan fingerprint density at radius 1 is 1.30 bits per heavy atom. The van der Waals surface area contributed by atoms with Gasteiger partial charge < -0.3 is 15.4 Å². The molecular weight excluding hydrogens is 297 g/mol. The van der Waals surface area contributed by atoms with Crippen molar-refractivity contribution < 1.29 is 13.9 Å². The van der Waals surface area contributed by atoms with Gasteiger partial charge in [-0.15, -0.1) is 0 Å². The van der Waals surface area contributed by atoms with Crippen LogP contribution in [0.5, 0.6) is 0 Å². The van der Waals surface area contributed by atoms with E-state index in [0.29, 0.717) is 6.54 Å². The highest BCUT2D eigenvalue weighted by Gasteiger charge is 2.19. The molecule has 0 aromatic carbocycles. The number of carbonyl (C=O) groups excluding carboxylic acids is 1. The summed E-state index contributed by atoms with van der Waals surface area (Å²) in [6.45, 7) is 10.1. The van der Waals surface area contributed by atoms with Gasteiger partial charge in [-0.1, -0.05) is 13.8 Å². The van der Waals surface area contributed by atoms with Crippen molar-refractivity contribution in [2.45, 2.75) is 65.1 Å². The SMILES string of the molecule is CCC(CNC(CC)c1ccc(F)cn1)NC(=O)OC(C)(C)C. The molecule has 1 rings (SSSR count). The second kappa shape index (κ2) is 8.82. The molecule has 0 aliphatic rings. The fraction of sp³-hybridized carbons (Fsp3) is 0.647. The molecule has 0 fully saturated rings. The zero-order valence-electron chi connectivity index (χ0n) is 14.6. The topological polar surface area (TPSA) is 63.2 Å². The summed E-state index contributed by atoms with van der Waals surface area (Å²) in [5.74, 6) is -0.346. The lowest BCUT2D eigenvalue weighted by Crippen LogP contribution is -2.44. The van der Waals surface area contributed by atoms with Crippen molar-refractivity contribution in [3.8, 4) is 0 Å². The molecule has 0 spiro atoms. The number of pyridine rings is 1. The average molecular weight is 325 g/mol. The van der Waals surface area contributed by atoms with Gasteiger partial charge in [0.25, 0.3) is 0 Å². The number of ether oxygens (including phenoxy) is 1. The standard InChI is InChI=1S/C17H28FN3O2/c1-6-13(21-16(22)23-17(3,4)5)11-20-14(7-2)15-9-8-12(18)10-19-15/h8-10,13-14,20H,6-7,11H2,1-5H3,(H,21,22). The maximum Gasteiger partial charge on any atom is 0.407 e. The lowest BCUT2D eigenvalue weighted by molar-refractivity contribution is 0.0502. The molecule has 2 N–H and O–H groups in total. The zero-order chi connectivity index (χ0) is 17.5. The minimum atomic E-state index is -0.514. The van der Waals surface area contributed by atoms with E-state index in [9.17, 15) is 9.18 Å². The molecule has 1 aromatic rings. The van der Waals surface area contributed by atoms with E-state index < -0.39 is 11.7 Å². The molecule has 6 heteroatoms. The number of halogens is 1. The number of nitrogens with zero attached hydrogens (tertiary/aromatic N) is 1. The van der Waals surface area contributed by atoms with Crippen LogP contribution in [0.3, 0.4) is 0 Å². The highest BCUT2D eigenvalue weighted by atomic mass is 19.1. The van der Waals surface area contributed by atoms with Crippen molar-refractivity contribution in [1.29, 1.82) is 0 Å². The number of carbonyl (C=O) groups is 1. The molecular formula is C17H28FN3O2. The highest BCUT2D eigenvalue weighted by Crippen LogP contribution is 2.14. The summed E-state index contributed by atoms with van der Waals surface area (Å²) in [5, 5.41) is 6.23. The third-order valence-corrected chi connectivity index (χ3v) is 3.34. The first-order chi connectivity index (χ1) is 10.7. The van der Waals surface area contributed by atoms with Gasteiger partial charge in [-0.05, 0) is 45.7 Å². The minimum Gasteiger partial charge on any atom is -0.444 e. The predicted molar refractivity (Wildman–Crippen MR) is 88.7 cm³/mol. The second-order valence-corrected chi connectivity index (χ2v) is 6.52. The smallest absolute Gasteiger partial charge is 0.407 e. The Morgan fingerprint density at radius 3 is 2.48 bits per heavy atom. The lowest BCUT2D eigenvalue weighted by atomic mass is 10.1. The van der Waals surface area contributed by atoms with Crippen LogP contribution in [0.15, 0.2) is 18.3 Å². The highest BCUT2D eigenvalue weighted by molar-refractivity contribution is 5.68. The first kappa shape index (κ1) is 19.4. The molecule has 0 aliphatic heterocycles. The largest absolute Gasteiger partial charge is 0.444 e. The van der Waals surface area contributed by atoms with Gasteiger partial charge in [0.1, 0.15) is 11.4 Å². The van der Waals surface area contributed by atoms with E-state index in [4.69, 9.17) is 4.74 Å². The lowest BCUT2D eigenvalue weighted by Gasteiger charge is -2.25. The average Bonchev–Trinajstić information content (AvgIpc) is 2.46. The van der Waals surface area contributed by atoms with E-state index in [1.54, 1.807) is 6.07 Å². The van der Waals surface area contributed by atoms with E-state index in [1.807, 2.05) is 34.6 Å². The fourth-order valence-electron chi connectivity index (χ4n) is 2.11. The van der Waals surface area contributed by atoms with Crippen molar-refractivity contribution in [3.63, 3.8) is 0 Å². The number of rotatable bonds is 7. The van der Waals surface area contributed by atoms with Crippen molar-refractivity contribution in [3.05, 3.63) is 29.8 Å². The Labute approximate surface area is 138 Å². The summed E-state index contributed by atoms with van der Waals surface area (Å²) in [5.41, 5.74) is 0.279. The van der Waals surface area contributed by atoms with Crippen LogP contribution in [0.4, 0.5) is 9.18 Å². The van der Waals surface area contributed by atoms with Gasteiger partial charge in [0.05, 0.1) is 11.9 Å². The van der Waals surface area contributed by atoms with E-state index in [-0.39, 0.29) is 17.9 Å². The zero-order valence-corrected chi connectivity index (χ0v) is 14.6. The molecule has 1 amide bonds. The Balaban J connectivity index is 2.54. The second-order valence-electron chi connectivity index (χ2n) is 6.52.